The maximum atomic E-state index is 11.9. The second-order valence-electron chi connectivity index (χ2n) is 5.97. The number of ether oxygens (including phenoxy) is 3. The van der Waals surface area contributed by atoms with Crippen LogP contribution in [-0.4, -0.2) is 38.2 Å². The molecule has 0 aliphatic heterocycles. The van der Waals surface area contributed by atoms with Gasteiger partial charge in [-0.3, -0.25) is 14.9 Å². The summed E-state index contributed by atoms with van der Waals surface area (Å²) in [5, 5.41) is 13.8. The molecule has 0 unspecified atom stereocenters. The van der Waals surface area contributed by atoms with Crippen molar-refractivity contribution < 1.29 is 23.9 Å². The van der Waals surface area contributed by atoms with E-state index in [-0.39, 0.29) is 30.4 Å². The minimum Gasteiger partial charge on any atom is -0.493 e. The van der Waals surface area contributed by atoms with E-state index in [9.17, 15) is 14.9 Å². The number of carbonyl (C=O) groups is 1. The van der Waals surface area contributed by atoms with E-state index >= 15 is 0 Å². The first-order valence-corrected chi connectivity index (χ1v) is 8.89. The summed E-state index contributed by atoms with van der Waals surface area (Å²) in [6.07, 6.45) is 1.42. The molecule has 0 fully saturated rings. The van der Waals surface area contributed by atoms with Crippen molar-refractivity contribution in [3.05, 3.63) is 58.1 Å². The van der Waals surface area contributed by atoms with Gasteiger partial charge in [0.1, 0.15) is 0 Å². The average molecular weight is 388 g/mol. The lowest BCUT2D eigenvalue weighted by atomic mass is 10.1. The predicted molar refractivity (Wildman–Crippen MR) is 104 cm³/mol. The molecule has 0 heterocycles. The Kier molecular flexibility index (Phi) is 8.08. The normalized spacial score (nSPS) is 10.2. The van der Waals surface area contributed by atoms with Crippen LogP contribution >= 0.6 is 0 Å². The molecule has 150 valence electrons. The van der Waals surface area contributed by atoms with Gasteiger partial charge in [0.15, 0.2) is 17.2 Å². The fraction of sp³-hybridized carbons (Fsp3) is 0.350. The van der Waals surface area contributed by atoms with Crippen LogP contribution in [0.5, 0.6) is 17.2 Å². The molecular weight excluding hydrogens is 364 g/mol. The first kappa shape index (κ1) is 21.0. The Morgan fingerprint density at radius 2 is 1.82 bits per heavy atom. The second kappa shape index (κ2) is 10.8. The van der Waals surface area contributed by atoms with E-state index in [1.54, 1.807) is 32.4 Å². The van der Waals surface area contributed by atoms with Crippen molar-refractivity contribution in [2.24, 2.45) is 0 Å². The highest BCUT2D eigenvalue weighted by Crippen LogP contribution is 2.27. The number of nitrogens with zero attached hydrogens (tertiary/aromatic N) is 1. The summed E-state index contributed by atoms with van der Waals surface area (Å²) in [6.45, 7) is 0.729. The van der Waals surface area contributed by atoms with Crippen LogP contribution in [0.25, 0.3) is 0 Å². The summed E-state index contributed by atoms with van der Waals surface area (Å²) in [6, 6.07) is 11.8. The Bertz CT molecular complexity index is 809. The third-order valence-electron chi connectivity index (χ3n) is 4.05. The second-order valence-corrected chi connectivity index (χ2v) is 5.97. The van der Waals surface area contributed by atoms with Crippen molar-refractivity contribution in [3.8, 4) is 17.2 Å². The number of nitro benzene ring substituents is 1. The largest absolute Gasteiger partial charge is 0.493 e. The summed E-state index contributed by atoms with van der Waals surface area (Å²) < 4.78 is 15.9. The Hall–Kier alpha value is -3.29. The highest BCUT2D eigenvalue weighted by Gasteiger charge is 2.13. The minimum atomic E-state index is -0.490. The van der Waals surface area contributed by atoms with Crippen molar-refractivity contribution in [2.45, 2.75) is 19.3 Å². The van der Waals surface area contributed by atoms with E-state index in [4.69, 9.17) is 14.2 Å². The Morgan fingerprint density at radius 3 is 2.54 bits per heavy atom. The van der Waals surface area contributed by atoms with Gasteiger partial charge < -0.3 is 19.5 Å². The maximum absolute atomic E-state index is 11.9. The Labute approximate surface area is 163 Å². The van der Waals surface area contributed by atoms with Gasteiger partial charge in [0.25, 0.3) is 0 Å². The minimum absolute atomic E-state index is 0.0816. The Balaban J connectivity index is 1.69. The summed E-state index contributed by atoms with van der Waals surface area (Å²) in [5.74, 6) is 1.43. The van der Waals surface area contributed by atoms with E-state index in [1.807, 2.05) is 18.2 Å². The molecule has 8 nitrogen and oxygen atoms in total. The van der Waals surface area contributed by atoms with Crippen LogP contribution in [0, 0.1) is 10.1 Å². The third-order valence-corrected chi connectivity index (χ3v) is 4.05. The van der Waals surface area contributed by atoms with Crippen LogP contribution in [0.4, 0.5) is 5.69 Å². The van der Waals surface area contributed by atoms with E-state index in [0.29, 0.717) is 30.9 Å². The van der Waals surface area contributed by atoms with Gasteiger partial charge >= 0.3 is 5.69 Å². The average Bonchev–Trinajstić information content (AvgIpc) is 2.71. The number of hydrogen-bond donors (Lipinski definition) is 1. The molecule has 8 heteroatoms. The van der Waals surface area contributed by atoms with Crippen molar-refractivity contribution in [3.63, 3.8) is 0 Å². The highest BCUT2D eigenvalue weighted by molar-refractivity contribution is 5.75. The van der Waals surface area contributed by atoms with Gasteiger partial charge in [0.05, 0.1) is 25.7 Å². The smallest absolute Gasteiger partial charge is 0.310 e. The SMILES string of the molecule is COc1ccc(CCNC(=O)CCCOc2ccccc2[N+](=O)[O-])cc1OC. The number of nitrogens with one attached hydrogen (secondary N) is 1. The number of carbonyl (C=O) groups excluding carboxylic acids is 1. The zero-order chi connectivity index (χ0) is 20.4. The number of methoxy groups -OCH3 is 2. The zero-order valence-electron chi connectivity index (χ0n) is 16.0. The van der Waals surface area contributed by atoms with Gasteiger partial charge in [0, 0.05) is 19.0 Å². The molecule has 0 atom stereocenters. The predicted octanol–water partition coefficient (Wildman–Crippen LogP) is 3.13. The molecule has 2 rings (SSSR count). The fourth-order valence-corrected chi connectivity index (χ4v) is 2.62. The van der Waals surface area contributed by atoms with Crippen LogP contribution in [0.15, 0.2) is 42.5 Å². The first-order valence-electron chi connectivity index (χ1n) is 8.89. The van der Waals surface area contributed by atoms with E-state index < -0.39 is 4.92 Å². The van der Waals surface area contributed by atoms with Crippen LogP contribution in [0.3, 0.4) is 0 Å². The number of amides is 1. The van der Waals surface area contributed by atoms with Crippen molar-refractivity contribution in [2.75, 3.05) is 27.4 Å². The molecule has 1 amide bonds. The Morgan fingerprint density at radius 1 is 1.07 bits per heavy atom. The third kappa shape index (κ3) is 6.15. The van der Waals surface area contributed by atoms with Gasteiger partial charge in [-0.25, -0.2) is 0 Å². The van der Waals surface area contributed by atoms with Crippen molar-refractivity contribution in [1.29, 1.82) is 0 Å². The summed E-state index contributed by atoms with van der Waals surface area (Å²) >= 11 is 0. The van der Waals surface area contributed by atoms with Crippen molar-refractivity contribution in [1.82, 2.24) is 5.32 Å². The molecule has 0 radical (unpaired) electrons. The summed E-state index contributed by atoms with van der Waals surface area (Å²) in [4.78, 5) is 22.4. The lowest BCUT2D eigenvalue weighted by Crippen LogP contribution is -2.25. The number of benzene rings is 2. The van der Waals surface area contributed by atoms with E-state index in [1.165, 1.54) is 6.07 Å². The molecule has 2 aromatic rings. The van der Waals surface area contributed by atoms with Gasteiger partial charge in [0.2, 0.25) is 5.91 Å². The van der Waals surface area contributed by atoms with Gasteiger partial charge in [-0.05, 0) is 36.6 Å². The summed E-state index contributed by atoms with van der Waals surface area (Å²) in [7, 11) is 3.16. The molecule has 0 aromatic heterocycles. The van der Waals surface area contributed by atoms with Gasteiger partial charge in [-0.2, -0.15) is 0 Å². The van der Waals surface area contributed by atoms with Crippen LogP contribution in [0.2, 0.25) is 0 Å². The first-order chi connectivity index (χ1) is 13.5. The van der Waals surface area contributed by atoms with E-state index in [0.717, 1.165) is 5.56 Å². The lowest BCUT2D eigenvalue weighted by Gasteiger charge is -2.10. The molecule has 0 aliphatic rings. The molecule has 2 aromatic carbocycles. The van der Waals surface area contributed by atoms with E-state index in [2.05, 4.69) is 5.32 Å². The van der Waals surface area contributed by atoms with Crippen molar-refractivity contribution >= 4 is 11.6 Å². The van der Waals surface area contributed by atoms with Gasteiger partial charge in [-0.15, -0.1) is 0 Å². The fourth-order valence-electron chi connectivity index (χ4n) is 2.62. The maximum Gasteiger partial charge on any atom is 0.310 e. The van der Waals surface area contributed by atoms with Crippen LogP contribution in [0.1, 0.15) is 18.4 Å². The molecule has 0 bridgehead atoms. The molecule has 0 saturated heterocycles. The molecular formula is C20H24N2O6. The number of nitro groups is 1. The monoisotopic (exact) mass is 388 g/mol. The van der Waals surface area contributed by atoms with Gasteiger partial charge in [-0.1, -0.05) is 18.2 Å². The molecule has 0 saturated carbocycles. The molecule has 28 heavy (non-hydrogen) atoms. The quantitative estimate of drug-likeness (QED) is 0.361. The highest BCUT2D eigenvalue weighted by atomic mass is 16.6. The number of hydrogen-bond acceptors (Lipinski definition) is 6. The number of rotatable bonds is 11. The molecule has 0 aliphatic carbocycles. The molecule has 0 spiro atoms. The standard InChI is InChI=1S/C20H24N2O6/c1-26-18-10-9-15(14-19(18)27-2)11-12-21-20(23)8-5-13-28-17-7-4-3-6-16(17)22(24)25/h3-4,6-7,9-10,14H,5,8,11-13H2,1-2H3,(H,21,23). The van der Waals surface area contributed by atoms with Crippen LogP contribution in [-0.2, 0) is 11.2 Å². The van der Waals surface area contributed by atoms with Crippen LogP contribution < -0.4 is 19.5 Å². The lowest BCUT2D eigenvalue weighted by molar-refractivity contribution is -0.385. The number of para-hydroxylation sites is 2. The zero-order valence-corrected chi connectivity index (χ0v) is 16.0. The topological polar surface area (TPSA) is 99.9 Å². The molecule has 1 N–H and O–H groups in total. The summed E-state index contributed by atoms with van der Waals surface area (Å²) in [5.41, 5.74) is 0.944.